The Labute approximate surface area is 144 Å². The minimum atomic E-state index is -0.338. The van der Waals surface area contributed by atoms with Crippen LogP contribution in [0, 0.1) is 0 Å². The van der Waals surface area contributed by atoms with Crippen molar-refractivity contribution >= 4 is 38.7 Å². The highest BCUT2D eigenvalue weighted by Crippen LogP contribution is 2.29. The summed E-state index contributed by atoms with van der Waals surface area (Å²) in [5.41, 5.74) is 7.17. The van der Waals surface area contributed by atoms with Crippen molar-refractivity contribution in [3.8, 4) is 0 Å². The minimum absolute atomic E-state index is 0.338. The van der Waals surface area contributed by atoms with Crippen molar-refractivity contribution in [2.45, 2.75) is 25.5 Å². The zero-order chi connectivity index (χ0) is 16.9. The summed E-state index contributed by atoms with van der Waals surface area (Å²) in [6.07, 6.45) is 2.13. The fourth-order valence-corrected chi connectivity index (χ4v) is 3.39. The third-order valence-corrected chi connectivity index (χ3v) is 4.75. The Bertz CT molecular complexity index is 947. The van der Waals surface area contributed by atoms with Gasteiger partial charge in [0.25, 0.3) is 0 Å². The van der Waals surface area contributed by atoms with Crippen LogP contribution in [0.5, 0.6) is 0 Å². The zero-order valence-corrected chi connectivity index (χ0v) is 14.4. The second-order valence-electron chi connectivity index (χ2n) is 5.61. The second kappa shape index (κ2) is 7.53. The molecule has 0 fully saturated rings. The summed E-state index contributed by atoms with van der Waals surface area (Å²) in [5, 5.41) is 3.73. The van der Waals surface area contributed by atoms with E-state index >= 15 is 0 Å². The molecule has 1 aromatic heterocycles. The fourth-order valence-electron chi connectivity index (χ4n) is 2.68. The first-order valence-electron chi connectivity index (χ1n) is 8.06. The van der Waals surface area contributed by atoms with Gasteiger partial charge in [-0.1, -0.05) is 55.4 Å². The molecule has 4 nitrogen and oxygen atoms in total. The highest BCUT2D eigenvalue weighted by molar-refractivity contribution is 8.13. The van der Waals surface area contributed by atoms with Crippen molar-refractivity contribution in [3.63, 3.8) is 0 Å². The molecule has 0 spiro atoms. The Balaban J connectivity index is 1.99. The monoisotopic (exact) mass is 340 g/mol. The van der Waals surface area contributed by atoms with Gasteiger partial charge in [-0.2, -0.15) is 0 Å². The molecule has 2 N–H and O–H groups in total. The topological polar surface area (TPSA) is 68.6 Å². The van der Waals surface area contributed by atoms with E-state index in [0.717, 1.165) is 41.1 Å². The molecular formula is C19H20N2O2S. The van der Waals surface area contributed by atoms with E-state index in [1.54, 1.807) is 6.07 Å². The van der Waals surface area contributed by atoms with Gasteiger partial charge < -0.3 is 10.2 Å². The Morgan fingerprint density at radius 1 is 1.25 bits per heavy atom. The number of nitrogens with two attached hydrogens (primary N) is 1. The highest BCUT2D eigenvalue weighted by Gasteiger charge is 2.10. The molecule has 0 aliphatic heterocycles. The van der Waals surface area contributed by atoms with E-state index in [4.69, 9.17) is 10.2 Å². The molecule has 0 unspecified atom stereocenters. The number of thioether (sulfide) groups is 1. The van der Waals surface area contributed by atoms with Crippen LogP contribution < -0.4 is 11.4 Å². The average molecular weight is 340 g/mol. The van der Waals surface area contributed by atoms with E-state index in [0.29, 0.717) is 16.5 Å². The van der Waals surface area contributed by atoms with Crippen molar-refractivity contribution in [2.24, 2.45) is 10.7 Å². The number of rotatable bonds is 5. The van der Waals surface area contributed by atoms with E-state index in [-0.39, 0.29) is 5.63 Å². The quantitative estimate of drug-likeness (QED) is 0.247. The maximum Gasteiger partial charge on any atom is 0.336 e. The first kappa shape index (κ1) is 16.6. The predicted octanol–water partition coefficient (Wildman–Crippen LogP) is 4.29. The van der Waals surface area contributed by atoms with Crippen molar-refractivity contribution in [1.29, 1.82) is 0 Å². The summed E-state index contributed by atoms with van der Waals surface area (Å²) in [7, 11) is 0. The lowest BCUT2D eigenvalue weighted by molar-refractivity contribution is 0.560. The molecular weight excluding hydrogens is 320 g/mol. The number of amidine groups is 1. The second-order valence-corrected chi connectivity index (χ2v) is 6.61. The molecule has 0 amide bonds. The molecule has 24 heavy (non-hydrogen) atoms. The van der Waals surface area contributed by atoms with Crippen LogP contribution in [-0.2, 0) is 5.75 Å². The lowest BCUT2D eigenvalue weighted by atomic mass is 10.0. The number of unbranched alkanes of at least 4 members (excludes halogenated alkanes) is 1. The van der Waals surface area contributed by atoms with Gasteiger partial charge in [0.2, 0.25) is 0 Å². The minimum Gasteiger partial charge on any atom is -0.423 e. The Morgan fingerprint density at radius 2 is 2.08 bits per heavy atom. The summed E-state index contributed by atoms with van der Waals surface area (Å²) in [5.74, 6) is 0.595. The molecule has 0 radical (unpaired) electrons. The average Bonchev–Trinajstić information content (AvgIpc) is 2.59. The molecule has 124 valence electrons. The lowest BCUT2D eigenvalue weighted by Crippen LogP contribution is -2.09. The SMILES string of the molecule is CCCCN=C(N)SCc1cc(=O)oc2ccc3ccccc3c12. The van der Waals surface area contributed by atoms with Gasteiger partial charge in [0.1, 0.15) is 5.58 Å². The largest absolute Gasteiger partial charge is 0.423 e. The number of nitrogens with zero attached hydrogens (tertiary/aromatic N) is 1. The number of benzene rings is 2. The van der Waals surface area contributed by atoms with Crippen LogP contribution in [0.1, 0.15) is 25.3 Å². The molecule has 1 heterocycles. The third-order valence-electron chi connectivity index (χ3n) is 3.87. The summed E-state index contributed by atoms with van der Waals surface area (Å²) in [6, 6.07) is 13.5. The normalized spacial score (nSPS) is 12.1. The van der Waals surface area contributed by atoms with Crippen LogP contribution >= 0.6 is 11.8 Å². The van der Waals surface area contributed by atoms with Crippen LogP contribution in [0.2, 0.25) is 0 Å². The van der Waals surface area contributed by atoms with Gasteiger partial charge in [0.05, 0.1) is 0 Å². The van der Waals surface area contributed by atoms with Gasteiger partial charge in [-0.25, -0.2) is 4.79 Å². The number of hydrogen-bond donors (Lipinski definition) is 1. The van der Waals surface area contributed by atoms with Gasteiger partial charge in [-0.05, 0) is 28.8 Å². The molecule has 0 aliphatic rings. The number of fused-ring (bicyclic) bond motifs is 3. The Hall–Kier alpha value is -2.27. The Kier molecular flexibility index (Phi) is 5.20. The molecule has 5 heteroatoms. The van der Waals surface area contributed by atoms with E-state index in [2.05, 4.69) is 18.0 Å². The highest BCUT2D eigenvalue weighted by atomic mass is 32.2. The first-order valence-corrected chi connectivity index (χ1v) is 9.05. The summed E-state index contributed by atoms with van der Waals surface area (Å²) in [4.78, 5) is 16.2. The van der Waals surface area contributed by atoms with Gasteiger partial charge in [0, 0.05) is 23.8 Å². The zero-order valence-electron chi connectivity index (χ0n) is 13.6. The van der Waals surface area contributed by atoms with Crippen molar-refractivity contribution in [1.82, 2.24) is 0 Å². The van der Waals surface area contributed by atoms with E-state index < -0.39 is 0 Å². The van der Waals surface area contributed by atoms with E-state index in [1.165, 1.54) is 11.8 Å². The molecule has 0 bridgehead atoms. The fraction of sp³-hybridized carbons (Fsp3) is 0.263. The molecule has 0 aliphatic carbocycles. The molecule has 0 saturated carbocycles. The summed E-state index contributed by atoms with van der Waals surface area (Å²) < 4.78 is 5.37. The van der Waals surface area contributed by atoms with Gasteiger partial charge >= 0.3 is 5.63 Å². The van der Waals surface area contributed by atoms with E-state index in [1.807, 2.05) is 30.3 Å². The molecule has 0 saturated heterocycles. The van der Waals surface area contributed by atoms with E-state index in [9.17, 15) is 4.79 Å². The first-order chi connectivity index (χ1) is 11.7. The van der Waals surface area contributed by atoms with Crippen LogP contribution in [0.3, 0.4) is 0 Å². The van der Waals surface area contributed by atoms with Gasteiger partial charge in [-0.15, -0.1) is 0 Å². The van der Waals surface area contributed by atoms with Crippen molar-refractivity contribution in [2.75, 3.05) is 6.54 Å². The van der Waals surface area contributed by atoms with Crippen LogP contribution in [0.4, 0.5) is 0 Å². The third kappa shape index (κ3) is 3.62. The van der Waals surface area contributed by atoms with Crippen molar-refractivity contribution in [3.05, 3.63) is 58.4 Å². The van der Waals surface area contributed by atoms with Crippen molar-refractivity contribution < 1.29 is 4.42 Å². The lowest BCUT2D eigenvalue weighted by Gasteiger charge is -2.08. The predicted molar refractivity (Wildman–Crippen MR) is 103 cm³/mol. The number of hydrogen-bond acceptors (Lipinski definition) is 4. The summed E-state index contributed by atoms with van der Waals surface area (Å²) >= 11 is 1.46. The van der Waals surface area contributed by atoms with Gasteiger partial charge in [-0.3, -0.25) is 4.99 Å². The standard InChI is InChI=1S/C19H20N2O2S/c1-2-3-10-21-19(20)24-12-14-11-17(22)23-16-9-8-13-6-4-5-7-15(13)18(14)16/h4-9,11H,2-3,10,12H2,1H3,(H2,20,21). The molecule has 2 aromatic carbocycles. The molecule has 3 rings (SSSR count). The Morgan fingerprint density at radius 3 is 2.92 bits per heavy atom. The maximum absolute atomic E-state index is 11.9. The number of aliphatic imine (C=N–C) groups is 1. The van der Waals surface area contributed by atoms with Crippen LogP contribution in [0.25, 0.3) is 21.7 Å². The summed E-state index contributed by atoms with van der Waals surface area (Å²) in [6.45, 7) is 2.87. The maximum atomic E-state index is 11.9. The smallest absolute Gasteiger partial charge is 0.336 e. The molecule has 0 atom stereocenters. The van der Waals surface area contributed by atoms with Gasteiger partial charge in [0.15, 0.2) is 5.17 Å². The molecule has 3 aromatic rings. The van der Waals surface area contributed by atoms with Crippen LogP contribution in [0.15, 0.2) is 56.7 Å². The van der Waals surface area contributed by atoms with Crippen LogP contribution in [-0.4, -0.2) is 11.7 Å².